The van der Waals surface area contributed by atoms with Gasteiger partial charge in [-0.3, -0.25) is 0 Å². The van der Waals surface area contributed by atoms with Crippen LogP contribution in [0, 0.1) is 0 Å². The first-order valence-corrected chi connectivity index (χ1v) is 6.00. The standard InChI is InChI=1S/C8H7ClSSe/c9-8(10)11-6-7-4-2-1-3-5-7/h1-5H,6H2. The zero-order chi connectivity index (χ0) is 8.10. The number of hydrogen-bond acceptors (Lipinski definition) is 1. The molecule has 0 aliphatic heterocycles. The van der Waals surface area contributed by atoms with Crippen LogP contribution in [0.1, 0.15) is 5.56 Å². The Balaban J connectivity index is 2.45. The van der Waals surface area contributed by atoms with Gasteiger partial charge in [0.05, 0.1) is 0 Å². The van der Waals surface area contributed by atoms with Crippen LogP contribution in [-0.2, 0) is 5.32 Å². The van der Waals surface area contributed by atoms with Crippen LogP contribution in [0.15, 0.2) is 30.3 Å². The Hall–Kier alpha value is 0.119. The normalized spacial score (nSPS) is 9.55. The predicted octanol–water partition coefficient (Wildman–Crippen LogP) is 2.41. The van der Waals surface area contributed by atoms with Crippen molar-refractivity contribution in [3.05, 3.63) is 35.9 Å². The summed E-state index contributed by atoms with van der Waals surface area (Å²) in [7, 11) is 0. The molecule has 3 heteroatoms. The molecule has 0 saturated carbocycles. The van der Waals surface area contributed by atoms with E-state index in [4.69, 9.17) is 23.8 Å². The van der Waals surface area contributed by atoms with Gasteiger partial charge in [0.15, 0.2) is 0 Å². The molecule has 0 unspecified atom stereocenters. The molecular weight excluding hydrogens is 243 g/mol. The number of hydrogen-bond donors (Lipinski definition) is 0. The van der Waals surface area contributed by atoms with E-state index in [0.717, 1.165) is 5.32 Å². The molecule has 0 saturated heterocycles. The van der Waals surface area contributed by atoms with Crippen molar-refractivity contribution in [2.45, 2.75) is 5.32 Å². The Morgan fingerprint density at radius 3 is 2.55 bits per heavy atom. The first-order chi connectivity index (χ1) is 5.29. The third-order valence-corrected chi connectivity index (χ3v) is 3.85. The molecule has 0 bridgehead atoms. The van der Waals surface area contributed by atoms with Crippen LogP contribution in [0.4, 0.5) is 0 Å². The molecule has 1 aromatic carbocycles. The molecule has 58 valence electrons. The molecule has 0 radical (unpaired) electrons. The molecule has 0 fully saturated rings. The monoisotopic (exact) mass is 250 g/mol. The van der Waals surface area contributed by atoms with Gasteiger partial charge in [0.25, 0.3) is 0 Å². The summed E-state index contributed by atoms with van der Waals surface area (Å²) in [5, 5.41) is 1.01. The number of halogens is 1. The van der Waals surface area contributed by atoms with E-state index in [2.05, 4.69) is 12.1 Å². The molecule has 0 spiro atoms. The molecule has 0 atom stereocenters. The van der Waals surface area contributed by atoms with Crippen LogP contribution >= 0.6 is 23.8 Å². The molecular formula is C8H7ClSSe. The van der Waals surface area contributed by atoms with Crippen molar-refractivity contribution in [3.63, 3.8) is 0 Å². The molecule has 1 aromatic rings. The average molecular weight is 250 g/mol. The van der Waals surface area contributed by atoms with Crippen molar-refractivity contribution in [1.29, 1.82) is 0 Å². The van der Waals surface area contributed by atoms with E-state index in [1.54, 1.807) is 0 Å². The number of rotatable bonds is 3. The second kappa shape index (κ2) is 4.89. The minimum atomic E-state index is 0.276. The van der Waals surface area contributed by atoms with E-state index in [1.165, 1.54) is 5.56 Å². The van der Waals surface area contributed by atoms with Crippen LogP contribution in [0.3, 0.4) is 0 Å². The van der Waals surface area contributed by atoms with Crippen LogP contribution in [0.2, 0.25) is 0 Å². The molecule has 0 aliphatic rings. The Morgan fingerprint density at radius 2 is 2.00 bits per heavy atom. The molecule has 11 heavy (non-hydrogen) atoms. The van der Waals surface area contributed by atoms with E-state index in [1.807, 2.05) is 18.2 Å². The molecule has 0 nitrogen and oxygen atoms in total. The van der Waals surface area contributed by atoms with Gasteiger partial charge in [-0.25, -0.2) is 0 Å². The number of thiocarbonyl (C=S) groups is 1. The number of benzene rings is 1. The van der Waals surface area contributed by atoms with Crippen molar-refractivity contribution in [3.8, 4) is 0 Å². The fourth-order valence-corrected chi connectivity index (χ4v) is 2.30. The van der Waals surface area contributed by atoms with Crippen LogP contribution in [0.25, 0.3) is 0 Å². The Labute approximate surface area is 83.1 Å². The first-order valence-electron chi connectivity index (χ1n) is 3.15. The van der Waals surface area contributed by atoms with Gasteiger partial charge in [0.1, 0.15) is 0 Å². The molecule has 1 rings (SSSR count). The summed E-state index contributed by atoms with van der Waals surface area (Å²) in [6.07, 6.45) is 0. The van der Waals surface area contributed by atoms with Gasteiger partial charge >= 0.3 is 83.2 Å². The van der Waals surface area contributed by atoms with Crippen molar-refractivity contribution in [1.82, 2.24) is 0 Å². The molecule has 0 amide bonds. The summed E-state index contributed by atoms with van der Waals surface area (Å²) in [5.74, 6) is 0. The first kappa shape index (κ1) is 9.21. The molecule has 0 aromatic heterocycles. The summed E-state index contributed by atoms with van der Waals surface area (Å²) in [6, 6.07) is 10.3. The van der Waals surface area contributed by atoms with Crippen molar-refractivity contribution >= 4 is 42.0 Å². The summed E-state index contributed by atoms with van der Waals surface area (Å²) in [6.45, 7) is 0. The van der Waals surface area contributed by atoms with E-state index in [9.17, 15) is 0 Å². The SMILES string of the molecule is S=C(Cl)[Se]Cc1ccccc1. The van der Waals surface area contributed by atoms with Crippen LogP contribution in [0.5, 0.6) is 0 Å². The Kier molecular flexibility index (Phi) is 4.09. The van der Waals surface area contributed by atoms with Gasteiger partial charge < -0.3 is 0 Å². The summed E-state index contributed by atoms with van der Waals surface area (Å²) in [4.78, 5) is 0. The van der Waals surface area contributed by atoms with Crippen LogP contribution in [-0.4, -0.2) is 18.2 Å². The van der Waals surface area contributed by atoms with Crippen molar-refractivity contribution in [2.75, 3.05) is 0 Å². The topological polar surface area (TPSA) is 0 Å². The third kappa shape index (κ3) is 3.88. The van der Waals surface area contributed by atoms with E-state index < -0.39 is 0 Å². The minimum absolute atomic E-state index is 0.276. The Bertz CT molecular complexity index is 235. The predicted molar refractivity (Wildman–Crippen MR) is 54.4 cm³/mol. The zero-order valence-corrected chi connectivity index (χ0v) is 9.07. The fraction of sp³-hybridized carbons (Fsp3) is 0.125. The van der Waals surface area contributed by atoms with Gasteiger partial charge in [-0.15, -0.1) is 0 Å². The maximum atomic E-state index is 5.59. The Morgan fingerprint density at radius 1 is 1.36 bits per heavy atom. The summed E-state index contributed by atoms with van der Waals surface area (Å²) in [5.41, 5.74) is 1.32. The van der Waals surface area contributed by atoms with E-state index in [0.29, 0.717) is 3.22 Å². The third-order valence-electron chi connectivity index (χ3n) is 1.20. The van der Waals surface area contributed by atoms with Crippen molar-refractivity contribution in [2.24, 2.45) is 0 Å². The second-order valence-corrected chi connectivity index (χ2v) is 6.18. The zero-order valence-electron chi connectivity index (χ0n) is 5.79. The maximum absolute atomic E-state index is 5.59. The van der Waals surface area contributed by atoms with Crippen LogP contribution < -0.4 is 0 Å². The quantitative estimate of drug-likeness (QED) is 0.450. The molecule has 0 heterocycles. The van der Waals surface area contributed by atoms with E-state index >= 15 is 0 Å². The van der Waals surface area contributed by atoms with E-state index in [-0.39, 0.29) is 15.0 Å². The summed E-state index contributed by atoms with van der Waals surface area (Å²) < 4.78 is 0.626. The molecule has 0 aliphatic carbocycles. The molecule has 0 N–H and O–H groups in total. The van der Waals surface area contributed by atoms with Gasteiger partial charge in [-0.2, -0.15) is 0 Å². The van der Waals surface area contributed by atoms with Gasteiger partial charge in [-0.1, -0.05) is 0 Å². The van der Waals surface area contributed by atoms with Gasteiger partial charge in [0, 0.05) is 0 Å². The van der Waals surface area contributed by atoms with Crippen molar-refractivity contribution < 1.29 is 0 Å². The van der Waals surface area contributed by atoms with Gasteiger partial charge in [-0.05, 0) is 0 Å². The fourth-order valence-electron chi connectivity index (χ4n) is 0.714. The summed E-state index contributed by atoms with van der Waals surface area (Å²) >= 11 is 10.7. The second-order valence-electron chi connectivity index (χ2n) is 2.01. The van der Waals surface area contributed by atoms with Gasteiger partial charge in [0.2, 0.25) is 0 Å². The average Bonchev–Trinajstić information content (AvgIpc) is 2.03.